The first-order chi connectivity index (χ1) is 2.00. The molecule has 3 heteroatoms. The van der Waals surface area contributed by atoms with Gasteiger partial charge in [-0.2, -0.15) is 0 Å². The highest BCUT2D eigenvalue weighted by molar-refractivity contribution is 6.54. The molecule has 0 aromatic heterocycles. The fourth-order valence-corrected chi connectivity index (χ4v) is 0. The minimum atomic E-state index is -0.250. The van der Waals surface area contributed by atoms with Crippen LogP contribution in [0.3, 0.4) is 0 Å². The largest absolute Gasteiger partial charge is 0.123 e. The summed E-state index contributed by atoms with van der Waals surface area (Å²) in [5.41, 5.74) is -0.250. The maximum Gasteiger partial charge on any atom is 0.0876 e. The van der Waals surface area contributed by atoms with E-state index in [2.05, 4.69) is 0 Å². The molecule has 0 N–H and O–H groups in total. The van der Waals surface area contributed by atoms with E-state index in [0.717, 1.165) is 0 Å². The van der Waals surface area contributed by atoms with Gasteiger partial charge in [0.25, 0.3) is 0 Å². The molecule has 0 aromatic carbocycles. The summed E-state index contributed by atoms with van der Waals surface area (Å²) in [5.74, 6) is 0. The molecule has 0 radical (unpaired) electrons. The van der Waals surface area contributed by atoms with E-state index in [4.69, 9.17) is 1.37 Å². The Hall–Kier alpha value is 0.195. The van der Waals surface area contributed by atoms with Crippen LogP contribution in [0, 0.1) is 0 Å². The number of hydrogen-bond donors (Lipinski definition) is 0. The van der Waals surface area contributed by atoms with E-state index in [-0.39, 0.29) is 5.59 Å². The van der Waals surface area contributed by atoms with Crippen LogP contribution in [-0.2, 0) is 0 Å². The van der Waals surface area contributed by atoms with Crippen LogP contribution in [0.15, 0.2) is 0 Å². The predicted molar refractivity (Wildman–Crippen MR) is 29.4 cm³/mol. The molecular formula is CH7B3. The Morgan fingerprint density at radius 3 is 1.50 bits per heavy atom. The summed E-state index contributed by atoms with van der Waals surface area (Å²) >= 11 is 0. The van der Waals surface area contributed by atoms with Crippen LogP contribution in [0.1, 0.15) is 1.37 Å². The normalized spacial score (nSPS) is 14.5. The Bertz CT molecular complexity index is 22.4. The lowest BCUT2D eigenvalue weighted by atomic mass is 9.58. The molecular weight excluding hydrogens is 44.4 g/mol. The molecule has 0 amide bonds. The van der Waals surface area contributed by atoms with Crippen molar-refractivity contribution in [1.29, 1.82) is 0 Å². The van der Waals surface area contributed by atoms with Crippen molar-refractivity contribution in [3.8, 4) is 0 Å². The third-order valence-electron chi connectivity index (χ3n) is 0. The van der Waals surface area contributed by atoms with Gasteiger partial charge in [-0.25, -0.2) is 0 Å². The van der Waals surface area contributed by atoms with Gasteiger partial charge in [-0.3, -0.25) is 0 Å². The molecule has 0 bridgehead atoms. The Morgan fingerprint density at radius 2 is 1.50 bits per heavy atom. The van der Waals surface area contributed by atoms with Crippen molar-refractivity contribution in [2.45, 2.75) is 5.59 Å². The minimum Gasteiger partial charge on any atom is -0.123 e. The molecule has 0 unspecified atom stereocenters. The van der Waals surface area contributed by atoms with Crippen molar-refractivity contribution in [3.05, 3.63) is 0 Å². The number of rotatable bonds is 0. The van der Waals surface area contributed by atoms with Crippen LogP contribution in [0.5, 0.6) is 0 Å². The summed E-state index contributed by atoms with van der Waals surface area (Å²) in [6.07, 6.45) is 0. The van der Waals surface area contributed by atoms with Gasteiger partial charge in [-0.1, -0.05) is 0 Å². The van der Waals surface area contributed by atoms with Crippen molar-refractivity contribution in [2.24, 2.45) is 0 Å². The molecule has 0 saturated carbocycles. The van der Waals surface area contributed by atoms with Crippen molar-refractivity contribution in [1.82, 2.24) is 0 Å². The van der Waals surface area contributed by atoms with Crippen LogP contribution >= 0.6 is 0 Å². The molecule has 0 atom stereocenters. The summed E-state index contributed by atoms with van der Waals surface area (Å²) in [5, 5.41) is 0. The molecule has 0 nitrogen and oxygen atoms in total. The van der Waals surface area contributed by atoms with Gasteiger partial charge in [0.05, 0.1) is 23.5 Å². The molecule has 0 spiro atoms. The van der Waals surface area contributed by atoms with Gasteiger partial charge in [0.1, 0.15) is 0 Å². The molecule has 0 aliphatic carbocycles. The van der Waals surface area contributed by atoms with Crippen molar-refractivity contribution in [2.75, 3.05) is 0 Å². The van der Waals surface area contributed by atoms with E-state index in [0.29, 0.717) is 0 Å². The third-order valence-corrected chi connectivity index (χ3v) is 0. The Balaban J connectivity index is 3.02. The second-order valence-electron chi connectivity index (χ2n) is 1.50. The van der Waals surface area contributed by atoms with Gasteiger partial charge in [-0.05, 0) is 0 Å². The highest BCUT2D eigenvalue weighted by Gasteiger charge is 1.72. The molecule has 4 heavy (non-hydrogen) atoms. The summed E-state index contributed by atoms with van der Waals surface area (Å²) in [6.45, 7) is 0. The van der Waals surface area contributed by atoms with Gasteiger partial charge in [-0.15, -0.1) is 5.59 Å². The van der Waals surface area contributed by atoms with E-state index in [1.807, 2.05) is 23.5 Å². The standard InChI is InChI=1S/CH7B3/c2-1(3)4/h1H,2-4H2/i1T. The van der Waals surface area contributed by atoms with E-state index in [1.165, 1.54) is 0 Å². The van der Waals surface area contributed by atoms with Gasteiger partial charge >= 0.3 is 0 Å². The monoisotopic (exact) mass is 54.1 g/mol. The Labute approximate surface area is 31.6 Å². The SMILES string of the molecule is [3H]C(B)(B)B. The lowest BCUT2D eigenvalue weighted by molar-refractivity contribution is 1.91. The van der Waals surface area contributed by atoms with E-state index in [1.54, 1.807) is 0 Å². The smallest absolute Gasteiger partial charge is 0.0876 e. The second-order valence-corrected chi connectivity index (χ2v) is 1.50. The topological polar surface area (TPSA) is 0 Å². The summed E-state index contributed by atoms with van der Waals surface area (Å²) in [4.78, 5) is 0. The molecule has 0 rings (SSSR count). The molecule has 20 valence electrons. The zero-order valence-corrected chi connectivity index (χ0v) is 3.50. The highest BCUT2D eigenvalue weighted by atomic mass is 13.2. The maximum atomic E-state index is 6.94. The number of hydrogen-bond acceptors (Lipinski definition) is 0. The molecule has 0 heterocycles. The van der Waals surface area contributed by atoms with Crippen molar-refractivity contribution in [3.63, 3.8) is 0 Å². The van der Waals surface area contributed by atoms with Crippen LogP contribution < -0.4 is 0 Å². The molecule has 0 saturated heterocycles. The van der Waals surface area contributed by atoms with E-state index >= 15 is 0 Å². The quantitative estimate of drug-likeness (QED) is 0.270. The lowest BCUT2D eigenvalue weighted by Gasteiger charge is -1.75. The summed E-state index contributed by atoms with van der Waals surface area (Å²) in [7, 11) is 5.56. The van der Waals surface area contributed by atoms with Gasteiger partial charge in [0, 0.05) is 1.37 Å². The molecule has 0 fully saturated rings. The second kappa shape index (κ2) is 1.51. The first-order valence-corrected chi connectivity index (χ1v) is 1.50. The van der Waals surface area contributed by atoms with Crippen LogP contribution in [0.25, 0.3) is 0 Å². The van der Waals surface area contributed by atoms with E-state index < -0.39 is 0 Å². The van der Waals surface area contributed by atoms with Crippen molar-refractivity contribution < 1.29 is 1.37 Å². The first kappa shape index (κ1) is 2.43. The van der Waals surface area contributed by atoms with Gasteiger partial charge < -0.3 is 0 Å². The minimum absolute atomic E-state index is 0.250. The zero-order chi connectivity index (χ0) is 4.50. The average Bonchev–Trinajstić information content (AvgIpc) is 0.722. The van der Waals surface area contributed by atoms with E-state index in [9.17, 15) is 0 Å². The van der Waals surface area contributed by atoms with Gasteiger partial charge in [0.15, 0.2) is 0 Å². The fraction of sp³-hybridized carbons (Fsp3) is 1.00. The molecule has 0 aliphatic heterocycles. The van der Waals surface area contributed by atoms with Crippen LogP contribution in [0.2, 0.25) is 5.59 Å². The van der Waals surface area contributed by atoms with Crippen LogP contribution in [-0.4, -0.2) is 23.5 Å². The van der Waals surface area contributed by atoms with Crippen molar-refractivity contribution >= 4 is 23.5 Å². The maximum absolute atomic E-state index is 6.94. The highest BCUT2D eigenvalue weighted by Crippen LogP contribution is 1.68. The summed E-state index contributed by atoms with van der Waals surface area (Å²) in [6, 6.07) is 0. The first-order valence-electron chi connectivity index (χ1n) is 2.00. The molecule has 0 aliphatic rings. The fourth-order valence-electron chi connectivity index (χ4n) is 0. The average molecular weight is 53.5 g/mol. The Morgan fingerprint density at radius 1 is 1.50 bits per heavy atom. The van der Waals surface area contributed by atoms with Crippen LogP contribution in [0.4, 0.5) is 0 Å². The predicted octanol–water partition coefficient (Wildman–Crippen LogP) is -2.41. The molecule has 0 aromatic rings. The van der Waals surface area contributed by atoms with Gasteiger partial charge in [0.2, 0.25) is 0 Å². The summed E-state index contributed by atoms with van der Waals surface area (Å²) < 4.78 is 6.94. The zero-order valence-electron chi connectivity index (χ0n) is 4.50. The Kier molecular flexibility index (Phi) is 0.917. The third kappa shape index (κ3) is 82.6. The lowest BCUT2D eigenvalue weighted by Crippen LogP contribution is -1.84.